The van der Waals surface area contributed by atoms with Crippen LogP contribution in [0.15, 0.2) is 36.4 Å². The standard InChI is InChI=1S/C27H38O4/c1-8-21(22-12-13-23(26(29)30)17(2)16-22)11-9-20-10-14-24(18(3)15-20)31-19(4)25(28)27(5,6)7/h10,12-16,19,21,25,28H,8-9,11H2,1-7H3,(H,29,30). The van der Waals surface area contributed by atoms with Crippen LogP contribution in [-0.4, -0.2) is 28.4 Å². The van der Waals surface area contributed by atoms with Gasteiger partial charge in [-0.15, -0.1) is 0 Å². The molecule has 0 spiro atoms. The summed E-state index contributed by atoms with van der Waals surface area (Å²) >= 11 is 0. The van der Waals surface area contributed by atoms with Crippen LogP contribution >= 0.6 is 0 Å². The second-order valence-electron chi connectivity index (χ2n) is 9.76. The smallest absolute Gasteiger partial charge is 0.335 e. The van der Waals surface area contributed by atoms with Crippen molar-refractivity contribution in [3.63, 3.8) is 0 Å². The number of aryl methyl sites for hydroxylation is 3. The second-order valence-corrected chi connectivity index (χ2v) is 9.76. The summed E-state index contributed by atoms with van der Waals surface area (Å²) in [6.45, 7) is 14.0. The fraction of sp³-hybridized carbons (Fsp3) is 0.519. The van der Waals surface area contributed by atoms with Gasteiger partial charge in [-0.2, -0.15) is 0 Å². The number of rotatable bonds is 9. The summed E-state index contributed by atoms with van der Waals surface area (Å²) < 4.78 is 6.05. The zero-order chi connectivity index (χ0) is 23.3. The van der Waals surface area contributed by atoms with E-state index in [0.717, 1.165) is 36.1 Å². The minimum atomic E-state index is -0.876. The molecule has 3 atom stereocenters. The Bertz CT molecular complexity index is 895. The van der Waals surface area contributed by atoms with Crippen molar-refractivity contribution < 1.29 is 19.7 Å². The van der Waals surface area contributed by atoms with Gasteiger partial charge < -0.3 is 14.9 Å². The van der Waals surface area contributed by atoms with Crippen LogP contribution < -0.4 is 4.74 Å². The maximum atomic E-state index is 11.3. The van der Waals surface area contributed by atoms with Crippen LogP contribution in [0.1, 0.15) is 86.0 Å². The molecule has 31 heavy (non-hydrogen) atoms. The maximum Gasteiger partial charge on any atom is 0.335 e. The molecule has 0 radical (unpaired) electrons. The van der Waals surface area contributed by atoms with Gasteiger partial charge in [-0.3, -0.25) is 0 Å². The molecule has 0 bridgehead atoms. The van der Waals surface area contributed by atoms with Crippen LogP contribution in [0.2, 0.25) is 0 Å². The van der Waals surface area contributed by atoms with Crippen molar-refractivity contribution in [1.29, 1.82) is 0 Å². The van der Waals surface area contributed by atoms with E-state index in [2.05, 4.69) is 19.1 Å². The molecule has 2 N–H and O–H groups in total. The van der Waals surface area contributed by atoms with Crippen molar-refractivity contribution in [2.75, 3.05) is 0 Å². The zero-order valence-electron chi connectivity index (χ0n) is 20.0. The number of aromatic carboxylic acids is 1. The number of ether oxygens (including phenoxy) is 1. The first-order chi connectivity index (χ1) is 14.4. The summed E-state index contributed by atoms with van der Waals surface area (Å²) in [5, 5.41) is 19.7. The summed E-state index contributed by atoms with van der Waals surface area (Å²) in [4.78, 5) is 11.3. The highest BCUT2D eigenvalue weighted by molar-refractivity contribution is 5.89. The van der Waals surface area contributed by atoms with E-state index in [1.54, 1.807) is 6.07 Å². The average molecular weight is 427 g/mol. The molecule has 2 aromatic rings. The lowest BCUT2D eigenvalue weighted by Gasteiger charge is -2.31. The molecule has 2 rings (SSSR count). The molecule has 0 saturated carbocycles. The quantitative estimate of drug-likeness (QED) is 0.493. The molecule has 0 aliphatic carbocycles. The van der Waals surface area contributed by atoms with Crippen molar-refractivity contribution in [2.24, 2.45) is 5.41 Å². The summed E-state index contributed by atoms with van der Waals surface area (Å²) in [6, 6.07) is 12.0. The number of carboxylic acids is 1. The minimum Gasteiger partial charge on any atom is -0.488 e. The van der Waals surface area contributed by atoms with E-state index in [0.29, 0.717) is 11.5 Å². The molecule has 0 heterocycles. The first kappa shape index (κ1) is 24.9. The normalized spacial score (nSPS) is 14.7. The summed E-state index contributed by atoms with van der Waals surface area (Å²) in [5.41, 5.74) is 4.48. The number of hydrogen-bond acceptors (Lipinski definition) is 3. The Balaban J connectivity index is 2.05. The molecule has 0 saturated heterocycles. The van der Waals surface area contributed by atoms with E-state index < -0.39 is 12.1 Å². The molecule has 0 fully saturated rings. The topological polar surface area (TPSA) is 66.8 Å². The van der Waals surface area contributed by atoms with Gasteiger partial charge in [-0.1, -0.05) is 52.0 Å². The van der Waals surface area contributed by atoms with Crippen molar-refractivity contribution >= 4 is 5.97 Å². The van der Waals surface area contributed by atoms with Gasteiger partial charge in [0.15, 0.2) is 0 Å². The van der Waals surface area contributed by atoms with Crippen LogP contribution in [-0.2, 0) is 6.42 Å². The fourth-order valence-electron chi connectivity index (χ4n) is 4.10. The summed E-state index contributed by atoms with van der Waals surface area (Å²) in [7, 11) is 0. The number of aliphatic hydroxyl groups excluding tert-OH is 1. The molecule has 0 amide bonds. The Hall–Kier alpha value is -2.33. The average Bonchev–Trinajstić information content (AvgIpc) is 2.68. The number of benzene rings is 2. The second kappa shape index (κ2) is 10.3. The van der Waals surface area contributed by atoms with E-state index in [-0.39, 0.29) is 11.5 Å². The Labute approximate surface area is 187 Å². The molecule has 0 aromatic heterocycles. The zero-order valence-corrected chi connectivity index (χ0v) is 20.0. The number of carbonyl (C=O) groups is 1. The third-order valence-electron chi connectivity index (χ3n) is 6.11. The number of hydrogen-bond donors (Lipinski definition) is 2. The highest BCUT2D eigenvalue weighted by Crippen LogP contribution is 2.30. The molecule has 170 valence electrons. The SMILES string of the molecule is CCC(CCc1ccc(OC(C)C(O)C(C)(C)C)c(C)c1)c1ccc(C(=O)O)c(C)c1. The van der Waals surface area contributed by atoms with Crippen molar-refractivity contribution in [2.45, 2.75) is 85.9 Å². The molecule has 3 unspecified atom stereocenters. The molecular weight excluding hydrogens is 388 g/mol. The first-order valence-electron chi connectivity index (χ1n) is 11.2. The van der Waals surface area contributed by atoms with Gasteiger partial charge in [0.1, 0.15) is 11.9 Å². The van der Waals surface area contributed by atoms with Crippen molar-refractivity contribution in [1.82, 2.24) is 0 Å². The lowest BCUT2D eigenvalue weighted by molar-refractivity contribution is -0.0234. The van der Waals surface area contributed by atoms with E-state index in [4.69, 9.17) is 4.74 Å². The Morgan fingerprint density at radius 1 is 1.06 bits per heavy atom. The minimum absolute atomic E-state index is 0.233. The van der Waals surface area contributed by atoms with Gasteiger partial charge >= 0.3 is 5.97 Å². The Kier molecular flexibility index (Phi) is 8.30. The van der Waals surface area contributed by atoms with Crippen LogP contribution in [0.3, 0.4) is 0 Å². The highest BCUT2D eigenvalue weighted by atomic mass is 16.5. The largest absolute Gasteiger partial charge is 0.488 e. The molecule has 0 aliphatic heterocycles. The lowest BCUT2D eigenvalue weighted by Crippen LogP contribution is -2.39. The van der Waals surface area contributed by atoms with Gasteiger partial charge in [0.25, 0.3) is 0 Å². The fourth-order valence-corrected chi connectivity index (χ4v) is 4.10. The summed E-state index contributed by atoms with van der Waals surface area (Å²) in [5.74, 6) is 0.324. The van der Waals surface area contributed by atoms with Gasteiger partial charge in [0.05, 0.1) is 11.7 Å². The van der Waals surface area contributed by atoms with Crippen molar-refractivity contribution in [3.05, 3.63) is 64.2 Å². The van der Waals surface area contributed by atoms with Crippen LogP contribution in [0.25, 0.3) is 0 Å². The predicted octanol–water partition coefficient (Wildman–Crippen LogP) is 6.30. The summed E-state index contributed by atoms with van der Waals surface area (Å²) in [6.07, 6.45) is 2.12. The van der Waals surface area contributed by atoms with Crippen LogP contribution in [0.4, 0.5) is 0 Å². The van der Waals surface area contributed by atoms with E-state index in [1.807, 2.05) is 59.7 Å². The van der Waals surface area contributed by atoms with Gasteiger partial charge in [-0.25, -0.2) is 4.79 Å². The highest BCUT2D eigenvalue weighted by Gasteiger charge is 2.29. The maximum absolute atomic E-state index is 11.3. The van der Waals surface area contributed by atoms with Gasteiger partial charge in [0.2, 0.25) is 0 Å². The van der Waals surface area contributed by atoms with Crippen LogP contribution in [0, 0.1) is 19.3 Å². The Morgan fingerprint density at radius 3 is 2.26 bits per heavy atom. The molecule has 4 nitrogen and oxygen atoms in total. The van der Waals surface area contributed by atoms with Crippen LogP contribution in [0.5, 0.6) is 5.75 Å². The third kappa shape index (κ3) is 6.57. The lowest BCUT2D eigenvalue weighted by atomic mass is 9.86. The van der Waals surface area contributed by atoms with E-state index in [9.17, 15) is 15.0 Å². The van der Waals surface area contributed by atoms with Crippen molar-refractivity contribution in [3.8, 4) is 5.75 Å². The van der Waals surface area contributed by atoms with E-state index in [1.165, 1.54) is 11.1 Å². The number of aliphatic hydroxyl groups is 1. The molecule has 2 aromatic carbocycles. The monoisotopic (exact) mass is 426 g/mol. The molecule has 0 aliphatic rings. The molecular formula is C27H38O4. The predicted molar refractivity (Wildman–Crippen MR) is 126 cm³/mol. The van der Waals surface area contributed by atoms with Gasteiger partial charge in [0, 0.05) is 0 Å². The van der Waals surface area contributed by atoms with E-state index >= 15 is 0 Å². The molecule has 4 heteroatoms. The van der Waals surface area contributed by atoms with Gasteiger partial charge in [-0.05, 0) is 85.8 Å². The number of carboxylic acid groups (broad SMARTS) is 1. The Morgan fingerprint density at radius 2 is 1.74 bits per heavy atom. The first-order valence-corrected chi connectivity index (χ1v) is 11.2. The third-order valence-corrected chi connectivity index (χ3v) is 6.11.